The Kier molecular flexibility index (Phi) is 7.38. The number of benzene rings is 2. The first-order valence-electron chi connectivity index (χ1n) is 10.8. The summed E-state index contributed by atoms with van der Waals surface area (Å²) in [6, 6.07) is 14.2. The molecule has 0 radical (unpaired) electrons. The summed E-state index contributed by atoms with van der Waals surface area (Å²) in [5.74, 6) is 0.430. The Morgan fingerprint density at radius 3 is 2.35 bits per heavy atom. The highest BCUT2D eigenvalue weighted by molar-refractivity contribution is 7.89. The lowest BCUT2D eigenvalue weighted by Gasteiger charge is -2.26. The SMILES string of the molecule is CC(C)(C)c1ccc(OCCNC(=O)c2cccc(S(=O)(=O)N3CCCCC3)c2)cc1. The third-order valence-corrected chi connectivity index (χ3v) is 7.32. The Balaban J connectivity index is 1.53. The van der Waals surface area contributed by atoms with Crippen LogP contribution in [-0.4, -0.2) is 44.9 Å². The van der Waals surface area contributed by atoms with Crippen molar-refractivity contribution in [1.82, 2.24) is 9.62 Å². The molecule has 0 aliphatic carbocycles. The Bertz CT molecular complexity index is 989. The van der Waals surface area contributed by atoms with E-state index in [0.29, 0.717) is 31.8 Å². The highest BCUT2D eigenvalue weighted by atomic mass is 32.2. The second kappa shape index (κ2) is 9.83. The first-order chi connectivity index (χ1) is 14.7. The van der Waals surface area contributed by atoms with Crippen LogP contribution in [0.3, 0.4) is 0 Å². The van der Waals surface area contributed by atoms with Gasteiger partial charge in [-0.15, -0.1) is 0 Å². The number of hydrogen-bond acceptors (Lipinski definition) is 4. The van der Waals surface area contributed by atoms with Gasteiger partial charge in [0.25, 0.3) is 5.91 Å². The van der Waals surface area contributed by atoms with Crippen molar-refractivity contribution in [3.8, 4) is 5.75 Å². The van der Waals surface area contributed by atoms with Crippen LogP contribution < -0.4 is 10.1 Å². The Morgan fingerprint density at radius 2 is 1.71 bits per heavy atom. The summed E-state index contributed by atoms with van der Waals surface area (Å²) in [5, 5.41) is 2.79. The molecule has 1 amide bonds. The standard InChI is InChI=1S/C24H32N2O4S/c1-24(2,3)20-10-12-21(13-11-20)30-17-14-25-23(27)19-8-7-9-22(18-19)31(28,29)26-15-5-4-6-16-26/h7-13,18H,4-6,14-17H2,1-3H3,(H,25,27). The van der Waals surface area contributed by atoms with Crippen LogP contribution in [0, 0.1) is 0 Å². The fraction of sp³-hybridized carbons (Fsp3) is 0.458. The van der Waals surface area contributed by atoms with Crippen molar-refractivity contribution in [2.45, 2.75) is 50.3 Å². The topological polar surface area (TPSA) is 75.7 Å². The maximum Gasteiger partial charge on any atom is 0.251 e. The first-order valence-corrected chi connectivity index (χ1v) is 12.2. The molecule has 0 unspecified atom stereocenters. The van der Waals surface area contributed by atoms with Gasteiger partial charge in [0.05, 0.1) is 11.4 Å². The molecule has 2 aromatic rings. The molecule has 0 saturated carbocycles. The molecule has 3 rings (SSSR count). The fourth-order valence-corrected chi connectivity index (χ4v) is 5.10. The quantitative estimate of drug-likeness (QED) is 0.656. The summed E-state index contributed by atoms with van der Waals surface area (Å²) in [5.41, 5.74) is 1.64. The van der Waals surface area contributed by atoms with Crippen LogP contribution in [0.15, 0.2) is 53.4 Å². The van der Waals surface area contributed by atoms with Crippen molar-refractivity contribution < 1.29 is 17.9 Å². The van der Waals surface area contributed by atoms with E-state index in [4.69, 9.17) is 4.74 Å². The van der Waals surface area contributed by atoms with Crippen molar-refractivity contribution in [1.29, 1.82) is 0 Å². The maximum absolute atomic E-state index is 12.8. The zero-order valence-electron chi connectivity index (χ0n) is 18.6. The van der Waals surface area contributed by atoms with E-state index in [1.54, 1.807) is 18.2 Å². The van der Waals surface area contributed by atoms with E-state index in [0.717, 1.165) is 25.0 Å². The minimum Gasteiger partial charge on any atom is -0.492 e. The first kappa shape index (κ1) is 23.3. The molecule has 2 aromatic carbocycles. The number of sulfonamides is 1. The van der Waals surface area contributed by atoms with E-state index < -0.39 is 10.0 Å². The van der Waals surface area contributed by atoms with Crippen molar-refractivity contribution in [3.05, 3.63) is 59.7 Å². The monoisotopic (exact) mass is 444 g/mol. The highest BCUT2D eigenvalue weighted by Gasteiger charge is 2.26. The van der Waals surface area contributed by atoms with Gasteiger partial charge in [0.15, 0.2) is 0 Å². The third-order valence-electron chi connectivity index (χ3n) is 5.43. The van der Waals surface area contributed by atoms with Crippen LogP contribution in [0.2, 0.25) is 0 Å². The van der Waals surface area contributed by atoms with Crippen LogP contribution >= 0.6 is 0 Å². The largest absolute Gasteiger partial charge is 0.492 e. The number of piperidine rings is 1. The Hall–Kier alpha value is -2.38. The molecule has 1 heterocycles. The molecule has 0 atom stereocenters. The van der Waals surface area contributed by atoms with Gasteiger partial charge in [-0.1, -0.05) is 45.4 Å². The summed E-state index contributed by atoms with van der Waals surface area (Å²) >= 11 is 0. The molecule has 1 saturated heterocycles. The predicted molar refractivity (Wildman–Crippen MR) is 122 cm³/mol. The van der Waals surface area contributed by atoms with E-state index in [9.17, 15) is 13.2 Å². The van der Waals surface area contributed by atoms with Crippen molar-refractivity contribution in [3.63, 3.8) is 0 Å². The third kappa shape index (κ3) is 6.08. The zero-order chi connectivity index (χ0) is 22.5. The molecule has 7 heteroatoms. The molecule has 0 bridgehead atoms. The van der Waals surface area contributed by atoms with E-state index in [1.807, 2.05) is 24.3 Å². The molecule has 168 valence electrons. The van der Waals surface area contributed by atoms with Gasteiger partial charge in [0.2, 0.25) is 10.0 Å². The average Bonchev–Trinajstić information content (AvgIpc) is 2.77. The highest BCUT2D eigenvalue weighted by Crippen LogP contribution is 2.24. The van der Waals surface area contributed by atoms with Crippen molar-refractivity contribution >= 4 is 15.9 Å². The molecule has 0 spiro atoms. The number of hydrogen-bond donors (Lipinski definition) is 1. The second-order valence-electron chi connectivity index (χ2n) is 8.87. The van der Waals surface area contributed by atoms with E-state index in [2.05, 4.69) is 26.1 Å². The molecule has 31 heavy (non-hydrogen) atoms. The van der Waals surface area contributed by atoms with Gasteiger partial charge in [0, 0.05) is 18.7 Å². The number of carbonyl (C=O) groups excluding carboxylic acids is 1. The van der Waals surface area contributed by atoms with Crippen LogP contribution in [-0.2, 0) is 15.4 Å². The smallest absolute Gasteiger partial charge is 0.251 e. The molecule has 0 aromatic heterocycles. The molecule has 6 nitrogen and oxygen atoms in total. The average molecular weight is 445 g/mol. The maximum atomic E-state index is 12.8. The van der Waals surface area contributed by atoms with Gasteiger partial charge < -0.3 is 10.1 Å². The van der Waals surface area contributed by atoms with E-state index in [-0.39, 0.29) is 16.2 Å². The Morgan fingerprint density at radius 1 is 1.03 bits per heavy atom. The van der Waals surface area contributed by atoms with Crippen LogP contribution in [0.5, 0.6) is 5.75 Å². The minimum atomic E-state index is -3.56. The van der Waals surface area contributed by atoms with Gasteiger partial charge in [0.1, 0.15) is 12.4 Å². The number of amides is 1. The number of carbonyl (C=O) groups is 1. The van der Waals surface area contributed by atoms with Gasteiger partial charge in [-0.3, -0.25) is 4.79 Å². The van der Waals surface area contributed by atoms with Crippen LogP contribution in [0.1, 0.15) is 56.0 Å². The number of nitrogens with one attached hydrogen (secondary N) is 1. The fourth-order valence-electron chi connectivity index (χ4n) is 3.54. The Labute approximate surface area is 185 Å². The number of ether oxygens (including phenoxy) is 1. The molecule has 1 N–H and O–H groups in total. The summed E-state index contributed by atoms with van der Waals surface area (Å²) in [6.45, 7) is 8.19. The molecule has 1 fully saturated rings. The van der Waals surface area contributed by atoms with Crippen LogP contribution in [0.25, 0.3) is 0 Å². The van der Waals surface area contributed by atoms with Gasteiger partial charge in [-0.2, -0.15) is 4.31 Å². The number of rotatable bonds is 7. The van der Waals surface area contributed by atoms with E-state index >= 15 is 0 Å². The summed E-state index contributed by atoms with van der Waals surface area (Å²) in [6.07, 6.45) is 2.80. The van der Waals surface area contributed by atoms with Crippen LogP contribution in [0.4, 0.5) is 0 Å². The van der Waals surface area contributed by atoms with Gasteiger partial charge in [-0.25, -0.2) is 8.42 Å². The summed E-state index contributed by atoms with van der Waals surface area (Å²) in [7, 11) is -3.56. The lowest BCUT2D eigenvalue weighted by atomic mass is 9.87. The summed E-state index contributed by atoms with van der Waals surface area (Å²) in [4.78, 5) is 12.7. The van der Waals surface area contributed by atoms with E-state index in [1.165, 1.54) is 15.9 Å². The minimum absolute atomic E-state index is 0.0858. The van der Waals surface area contributed by atoms with Crippen molar-refractivity contribution in [2.24, 2.45) is 0 Å². The zero-order valence-corrected chi connectivity index (χ0v) is 19.4. The predicted octanol–water partition coefficient (Wildman–Crippen LogP) is 3.97. The molecular weight excluding hydrogens is 412 g/mol. The van der Waals surface area contributed by atoms with Crippen molar-refractivity contribution in [2.75, 3.05) is 26.2 Å². The van der Waals surface area contributed by atoms with Gasteiger partial charge >= 0.3 is 0 Å². The molecule has 1 aliphatic heterocycles. The second-order valence-corrected chi connectivity index (χ2v) is 10.8. The summed E-state index contributed by atoms with van der Waals surface area (Å²) < 4.78 is 32.9. The normalized spacial score (nSPS) is 15.5. The van der Waals surface area contributed by atoms with Gasteiger partial charge in [-0.05, 0) is 54.2 Å². The lowest BCUT2D eigenvalue weighted by molar-refractivity contribution is 0.0946. The number of nitrogens with zero attached hydrogens (tertiary/aromatic N) is 1. The molecular formula is C24H32N2O4S. The molecule has 1 aliphatic rings. The lowest BCUT2D eigenvalue weighted by Crippen LogP contribution is -2.35.